The van der Waals surface area contributed by atoms with Crippen molar-refractivity contribution < 1.29 is 4.74 Å². The summed E-state index contributed by atoms with van der Waals surface area (Å²) in [4.78, 5) is 8.56. The van der Waals surface area contributed by atoms with E-state index in [9.17, 15) is 0 Å². The van der Waals surface area contributed by atoms with Crippen molar-refractivity contribution in [1.29, 1.82) is 0 Å². The van der Waals surface area contributed by atoms with Gasteiger partial charge in [-0.3, -0.25) is 4.98 Å². The molecule has 0 spiro atoms. The molecular formula is C12H21N3O. The Morgan fingerprint density at radius 3 is 2.69 bits per heavy atom. The van der Waals surface area contributed by atoms with E-state index in [1.807, 2.05) is 6.20 Å². The first-order valence-electron chi connectivity index (χ1n) is 5.82. The Kier molecular flexibility index (Phi) is 5.19. The number of likely N-dealkylation sites (N-methyl/N-ethyl adjacent to an activating group) is 1. The number of aromatic nitrogens is 2. The third-order valence-corrected chi connectivity index (χ3v) is 2.82. The molecule has 1 rings (SSSR count). The predicted octanol–water partition coefficient (Wildman–Crippen LogP) is 1.98. The number of hydrogen-bond acceptors (Lipinski definition) is 4. The summed E-state index contributed by atoms with van der Waals surface area (Å²) in [6, 6.07) is 0.436. The lowest BCUT2D eigenvalue weighted by molar-refractivity contribution is 0.386. The van der Waals surface area contributed by atoms with Gasteiger partial charge in [-0.25, -0.2) is 4.98 Å². The largest absolute Gasteiger partial charge is 0.480 e. The maximum atomic E-state index is 5.08. The zero-order chi connectivity index (χ0) is 12.0. The van der Waals surface area contributed by atoms with Crippen molar-refractivity contribution in [3.8, 4) is 5.88 Å². The highest BCUT2D eigenvalue weighted by atomic mass is 16.5. The second kappa shape index (κ2) is 6.43. The van der Waals surface area contributed by atoms with Gasteiger partial charge in [0.2, 0.25) is 5.88 Å². The summed E-state index contributed by atoms with van der Waals surface area (Å²) >= 11 is 0. The average molecular weight is 223 g/mol. The Bertz CT molecular complexity index is 317. The summed E-state index contributed by atoms with van der Waals surface area (Å²) < 4.78 is 5.08. The second-order valence-corrected chi connectivity index (χ2v) is 3.85. The molecule has 0 bridgehead atoms. The highest BCUT2D eigenvalue weighted by molar-refractivity contribution is 5.13. The number of rotatable bonds is 6. The quantitative estimate of drug-likeness (QED) is 0.801. The van der Waals surface area contributed by atoms with Crippen LogP contribution in [-0.2, 0) is 0 Å². The fourth-order valence-corrected chi connectivity index (χ4v) is 1.82. The van der Waals surface area contributed by atoms with Crippen LogP contribution >= 0.6 is 0 Å². The first kappa shape index (κ1) is 12.9. The van der Waals surface area contributed by atoms with E-state index in [2.05, 4.69) is 36.1 Å². The zero-order valence-electron chi connectivity index (χ0n) is 10.5. The monoisotopic (exact) mass is 223 g/mol. The van der Waals surface area contributed by atoms with Crippen LogP contribution in [0, 0.1) is 0 Å². The van der Waals surface area contributed by atoms with Crippen LogP contribution in [-0.4, -0.2) is 29.7 Å². The molecule has 0 radical (unpaired) electrons. The summed E-state index contributed by atoms with van der Waals surface area (Å²) in [6.45, 7) is 7.44. The third kappa shape index (κ3) is 3.17. The van der Waals surface area contributed by atoms with E-state index in [1.165, 1.54) is 0 Å². The number of nitrogens with zero attached hydrogens (tertiary/aromatic N) is 2. The molecule has 1 aromatic rings. The molecule has 0 saturated heterocycles. The molecule has 4 heteroatoms. The number of nitrogens with one attached hydrogen (secondary N) is 1. The molecule has 2 atom stereocenters. The first-order chi connectivity index (χ1) is 7.72. The van der Waals surface area contributed by atoms with E-state index in [0.29, 0.717) is 17.8 Å². The van der Waals surface area contributed by atoms with Crippen LogP contribution in [0.2, 0.25) is 0 Å². The average Bonchev–Trinajstić information content (AvgIpc) is 2.35. The lowest BCUT2D eigenvalue weighted by Gasteiger charge is -2.22. The van der Waals surface area contributed by atoms with Gasteiger partial charge in [0.15, 0.2) is 0 Å². The lowest BCUT2D eigenvalue weighted by Crippen LogP contribution is -2.33. The molecule has 1 N–H and O–H groups in total. The van der Waals surface area contributed by atoms with Crippen LogP contribution in [0.1, 0.15) is 38.8 Å². The van der Waals surface area contributed by atoms with Crippen LogP contribution < -0.4 is 10.1 Å². The Balaban J connectivity index is 2.80. The molecule has 16 heavy (non-hydrogen) atoms. The van der Waals surface area contributed by atoms with Gasteiger partial charge in [0.1, 0.15) is 0 Å². The highest BCUT2D eigenvalue weighted by Crippen LogP contribution is 2.20. The molecule has 4 nitrogen and oxygen atoms in total. The predicted molar refractivity (Wildman–Crippen MR) is 64.8 cm³/mol. The Morgan fingerprint density at radius 1 is 1.38 bits per heavy atom. The van der Waals surface area contributed by atoms with Crippen LogP contribution in [0.15, 0.2) is 12.4 Å². The van der Waals surface area contributed by atoms with Gasteiger partial charge in [-0.2, -0.15) is 0 Å². The van der Waals surface area contributed by atoms with Crippen molar-refractivity contribution in [2.75, 3.05) is 13.7 Å². The van der Waals surface area contributed by atoms with Crippen LogP contribution in [0.4, 0.5) is 0 Å². The van der Waals surface area contributed by atoms with Gasteiger partial charge in [0.25, 0.3) is 0 Å². The van der Waals surface area contributed by atoms with Gasteiger partial charge in [-0.15, -0.1) is 0 Å². The fourth-order valence-electron chi connectivity index (χ4n) is 1.82. The highest BCUT2D eigenvalue weighted by Gasteiger charge is 2.18. The molecule has 0 fully saturated rings. The summed E-state index contributed by atoms with van der Waals surface area (Å²) in [7, 11) is 1.61. The molecule has 0 amide bonds. The second-order valence-electron chi connectivity index (χ2n) is 3.85. The SMILES string of the molecule is CCNC(CC)C(C)c1cncc(OC)n1. The molecular weight excluding hydrogens is 202 g/mol. The van der Waals surface area contributed by atoms with Gasteiger partial charge in [-0.05, 0) is 13.0 Å². The van der Waals surface area contributed by atoms with E-state index >= 15 is 0 Å². The number of methoxy groups -OCH3 is 1. The van der Waals surface area contributed by atoms with Gasteiger partial charge in [0.05, 0.1) is 19.0 Å². The van der Waals surface area contributed by atoms with E-state index in [1.54, 1.807) is 13.3 Å². The molecule has 0 aliphatic heterocycles. The molecule has 0 aliphatic carbocycles. The van der Waals surface area contributed by atoms with Gasteiger partial charge in [-0.1, -0.05) is 20.8 Å². The van der Waals surface area contributed by atoms with Gasteiger partial charge < -0.3 is 10.1 Å². The summed E-state index contributed by atoms with van der Waals surface area (Å²) in [5, 5.41) is 3.46. The normalized spacial score (nSPS) is 14.5. The molecule has 2 unspecified atom stereocenters. The minimum absolute atomic E-state index is 0.340. The van der Waals surface area contributed by atoms with E-state index in [0.717, 1.165) is 18.7 Å². The maximum absolute atomic E-state index is 5.08. The van der Waals surface area contributed by atoms with Crippen LogP contribution in [0.3, 0.4) is 0 Å². The standard InChI is InChI=1S/C12H21N3O/c1-5-10(14-6-2)9(3)11-7-13-8-12(15-11)16-4/h7-10,14H,5-6H2,1-4H3. The van der Waals surface area contributed by atoms with Crippen molar-refractivity contribution in [3.05, 3.63) is 18.1 Å². The molecule has 0 aliphatic rings. The third-order valence-electron chi connectivity index (χ3n) is 2.82. The molecule has 1 aromatic heterocycles. The summed E-state index contributed by atoms with van der Waals surface area (Å²) in [5.74, 6) is 0.920. The minimum atomic E-state index is 0.340. The van der Waals surface area contributed by atoms with E-state index < -0.39 is 0 Å². The van der Waals surface area contributed by atoms with E-state index in [-0.39, 0.29) is 0 Å². The lowest BCUT2D eigenvalue weighted by atomic mass is 9.96. The summed E-state index contributed by atoms with van der Waals surface area (Å²) in [6.07, 6.45) is 4.52. The topological polar surface area (TPSA) is 47.0 Å². The Morgan fingerprint density at radius 2 is 2.12 bits per heavy atom. The maximum Gasteiger partial charge on any atom is 0.232 e. The number of ether oxygens (including phenoxy) is 1. The van der Waals surface area contributed by atoms with Gasteiger partial charge in [0, 0.05) is 18.2 Å². The first-order valence-corrected chi connectivity index (χ1v) is 5.82. The number of hydrogen-bond donors (Lipinski definition) is 1. The van der Waals surface area contributed by atoms with Gasteiger partial charge >= 0.3 is 0 Å². The summed E-state index contributed by atoms with van der Waals surface area (Å²) in [5.41, 5.74) is 0.979. The molecule has 0 aromatic carbocycles. The smallest absolute Gasteiger partial charge is 0.232 e. The Labute approximate surface area is 97.5 Å². The Hall–Kier alpha value is -1.16. The minimum Gasteiger partial charge on any atom is -0.480 e. The van der Waals surface area contributed by atoms with Crippen molar-refractivity contribution in [3.63, 3.8) is 0 Å². The van der Waals surface area contributed by atoms with Crippen LogP contribution in [0.5, 0.6) is 5.88 Å². The van der Waals surface area contributed by atoms with Crippen molar-refractivity contribution in [2.45, 2.75) is 39.2 Å². The van der Waals surface area contributed by atoms with Crippen molar-refractivity contribution in [2.24, 2.45) is 0 Å². The van der Waals surface area contributed by atoms with Crippen molar-refractivity contribution in [1.82, 2.24) is 15.3 Å². The molecule has 90 valence electrons. The van der Waals surface area contributed by atoms with Crippen molar-refractivity contribution >= 4 is 0 Å². The zero-order valence-corrected chi connectivity index (χ0v) is 10.5. The van der Waals surface area contributed by atoms with Crippen LogP contribution in [0.25, 0.3) is 0 Å². The molecule has 0 saturated carbocycles. The molecule has 1 heterocycles. The van der Waals surface area contributed by atoms with E-state index in [4.69, 9.17) is 4.74 Å². The fraction of sp³-hybridized carbons (Fsp3) is 0.667.